The molecule has 0 aliphatic rings. The molecular weight excluding hydrogens is 378 g/mol. The molecule has 0 saturated carbocycles. The highest BCUT2D eigenvalue weighted by atomic mass is 32.2. The zero-order chi connectivity index (χ0) is 19.1. The van der Waals surface area contributed by atoms with Crippen molar-refractivity contribution in [2.75, 3.05) is 22.5 Å². The van der Waals surface area contributed by atoms with Gasteiger partial charge in [0.1, 0.15) is 6.54 Å². The average molecular weight is 396 g/mol. The standard InChI is InChI=1S/C19H17N5OS2/c1-14-6-5-7-15(12-14)21-18-22-23-19(27-18)26-13-17(25)24(11-10-20)16-8-3-2-4-9-16/h2-9,12H,11,13H2,1H3,(H,21,22). The molecule has 0 aliphatic heterocycles. The van der Waals surface area contributed by atoms with Gasteiger partial charge >= 0.3 is 0 Å². The predicted octanol–water partition coefficient (Wildman–Crippen LogP) is 4.24. The van der Waals surface area contributed by atoms with Gasteiger partial charge in [-0.1, -0.05) is 53.4 Å². The van der Waals surface area contributed by atoms with Crippen LogP contribution < -0.4 is 10.2 Å². The first-order chi connectivity index (χ1) is 13.2. The molecule has 6 nitrogen and oxygen atoms in total. The molecule has 2 aromatic carbocycles. The Labute approximate surface area is 165 Å². The first kappa shape index (κ1) is 18.9. The van der Waals surface area contributed by atoms with Gasteiger partial charge in [0.25, 0.3) is 0 Å². The van der Waals surface area contributed by atoms with Crippen LogP contribution in [0, 0.1) is 18.3 Å². The molecule has 3 rings (SSSR count). The van der Waals surface area contributed by atoms with E-state index in [9.17, 15) is 4.79 Å². The number of carbonyl (C=O) groups is 1. The maximum atomic E-state index is 12.5. The normalized spacial score (nSPS) is 10.2. The number of thioether (sulfide) groups is 1. The van der Waals surface area contributed by atoms with Gasteiger partial charge in [-0.3, -0.25) is 9.69 Å². The zero-order valence-electron chi connectivity index (χ0n) is 14.6. The summed E-state index contributed by atoms with van der Waals surface area (Å²) in [5.41, 5.74) is 2.81. The van der Waals surface area contributed by atoms with Gasteiger partial charge in [0.2, 0.25) is 11.0 Å². The molecule has 0 bridgehead atoms. The Morgan fingerprint density at radius 3 is 2.78 bits per heavy atom. The van der Waals surface area contributed by atoms with Crippen LogP contribution in [0.15, 0.2) is 58.9 Å². The summed E-state index contributed by atoms with van der Waals surface area (Å²) in [7, 11) is 0. The number of para-hydroxylation sites is 1. The number of aromatic nitrogens is 2. The Morgan fingerprint density at radius 1 is 1.22 bits per heavy atom. The molecular formula is C19H17N5OS2. The number of carbonyl (C=O) groups excluding carboxylic acids is 1. The number of nitrogens with one attached hydrogen (secondary N) is 1. The monoisotopic (exact) mass is 395 g/mol. The van der Waals surface area contributed by atoms with Crippen LogP contribution in [-0.4, -0.2) is 28.4 Å². The Morgan fingerprint density at radius 2 is 2.04 bits per heavy atom. The molecule has 27 heavy (non-hydrogen) atoms. The Hall–Kier alpha value is -2.89. The molecule has 0 fully saturated rings. The highest BCUT2D eigenvalue weighted by Crippen LogP contribution is 2.28. The second-order valence-electron chi connectivity index (χ2n) is 5.63. The van der Waals surface area contributed by atoms with E-state index in [4.69, 9.17) is 5.26 Å². The topological polar surface area (TPSA) is 81.9 Å². The number of anilines is 3. The van der Waals surface area contributed by atoms with Crippen LogP contribution >= 0.6 is 23.1 Å². The molecule has 1 N–H and O–H groups in total. The Kier molecular flexibility index (Phi) is 6.41. The van der Waals surface area contributed by atoms with Crippen LogP contribution in [-0.2, 0) is 4.79 Å². The Bertz CT molecular complexity index is 952. The lowest BCUT2D eigenvalue weighted by atomic mass is 10.2. The van der Waals surface area contributed by atoms with Gasteiger partial charge in [-0.25, -0.2) is 0 Å². The van der Waals surface area contributed by atoms with E-state index in [2.05, 4.69) is 15.5 Å². The molecule has 1 amide bonds. The summed E-state index contributed by atoms with van der Waals surface area (Å²) in [5.74, 6) is 0.0477. The van der Waals surface area contributed by atoms with Crippen molar-refractivity contribution in [2.45, 2.75) is 11.3 Å². The van der Waals surface area contributed by atoms with Crippen molar-refractivity contribution >= 4 is 45.5 Å². The largest absolute Gasteiger partial charge is 0.330 e. The summed E-state index contributed by atoms with van der Waals surface area (Å²) in [6.07, 6.45) is 0. The van der Waals surface area contributed by atoms with Gasteiger partial charge in [0.15, 0.2) is 4.34 Å². The van der Waals surface area contributed by atoms with Crippen LogP contribution in [0.1, 0.15) is 5.56 Å². The number of nitrogens with zero attached hydrogens (tertiary/aromatic N) is 4. The third-order valence-corrected chi connectivity index (χ3v) is 5.55. The SMILES string of the molecule is Cc1cccc(Nc2nnc(SCC(=O)N(CC#N)c3ccccc3)s2)c1. The molecule has 0 saturated heterocycles. The molecule has 136 valence electrons. The van der Waals surface area contributed by atoms with E-state index in [1.54, 1.807) is 0 Å². The van der Waals surface area contributed by atoms with E-state index < -0.39 is 0 Å². The predicted molar refractivity (Wildman–Crippen MR) is 110 cm³/mol. The summed E-state index contributed by atoms with van der Waals surface area (Å²) in [4.78, 5) is 14.0. The first-order valence-corrected chi connectivity index (χ1v) is 9.98. The molecule has 0 aliphatic carbocycles. The molecule has 1 aromatic heterocycles. The lowest BCUT2D eigenvalue weighted by Crippen LogP contribution is -2.32. The fraction of sp³-hybridized carbons (Fsp3) is 0.158. The van der Waals surface area contributed by atoms with Crippen molar-refractivity contribution in [3.05, 3.63) is 60.2 Å². The Balaban J connectivity index is 1.60. The van der Waals surface area contributed by atoms with Gasteiger partial charge in [0.05, 0.1) is 11.8 Å². The van der Waals surface area contributed by atoms with Crippen molar-refractivity contribution in [3.8, 4) is 6.07 Å². The molecule has 0 spiro atoms. The number of aryl methyl sites for hydroxylation is 1. The summed E-state index contributed by atoms with van der Waals surface area (Å²) in [6.45, 7) is 2.04. The first-order valence-electron chi connectivity index (χ1n) is 8.18. The van der Waals surface area contributed by atoms with Crippen molar-refractivity contribution < 1.29 is 4.79 Å². The van der Waals surface area contributed by atoms with E-state index in [0.717, 1.165) is 11.3 Å². The minimum Gasteiger partial charge on any atom is -0.330 e. The molecule has 0 unspecified atom stereocenters. The van der Waals surface area contributed by atoms with Crippen molar-refractivity contribution in [1.82, 2.24) is 10.2 Å². The number of rotatable bonds is 7. The summed E-state index contributed by atoms with van der Waals surface area (Å²) < 4.78 is 0.698. The minimum atomic E-state index is -0.142. The fourth-order valence-electron chi connectivity index (χ4n) is 2.37. The highest BCUT2D eigenvalue weighted by Gasteiger charge is 2.16. The summed E-state index contributed by atoms with van der Waals surface area (Å²) >= 11 is 2.71. The quantitative estimate of drug-likeness (QED) is 0.476. The maximum absolute atomic E-state index is 12.5. The van der Waals surface area contributed by atoms with Crippen LogP contribution in [0.5, 0.6) is 0 Å². The number of hydrogen-bond acceptors (Lipinski definition) is 7. The number of amides is 1. The summed E-state index contributed by atoms with van der Waals surface area (Å²) in [5, 5.41) is 21.1. The minimum absolute atomic E-state index is 0.0136. The zero-order valence-corrected chi connectivity index (χ0v) is 16.3. The van der Waals surface area contributed by atoms with Gasteiger partial charge < -0.3 is 5.32 Å². The molecule has 3 aromatic rings. The van der Waals surface area contributed by atoms with E-state index in [-0.39, 0.29) is 18.2 Å². The lowest BCUT2D eigenvalue weighted by molar-refractivity contribution is -0.116. The van der Waals surface area contributed by atoms with Gasteiger partial charge in [-0.2, -0.15) is 5.26 Å². The second kappa shape index (κ2) is 9.16. The smallest absolute Gasteiger partial charge is 0.238 e. The van der Waals surface area contributed by atoms with Crippen LogP contribution in [0.4, 0.5) is 16.5 Å². The van der Waals surface area contributed by atoms with E-state index in [0.29, 0.717) is 15.2 Å². The van der Waals surface area contributed by atoms with E-state index in [1.807, 2.05) is 67.6 Å². The van der Waals surface area contributed by atoms with Crippen molar-refractivity contribution in [3.63, 3.8) is 0 Å². The number of hydrogen-bond donors (Lipinski definition) is 1. The fourth-order valence-corrected chi connectivity index (χ4v) is 4.02. The molecule has 0 radical (unpaired) electrons. The number of benzene rings is 2. The third-order valence-electron chi connectivity index (χ3n) is 3.59. The van der Waals surface area contributed by atoms with E-state index >= 15 is 0 Å². The molecule has 8 heteroatoms. The highest BCUT2D eigenvalue weighted by molar-refractivity contribution is 8.01. The van der Waals surface area contributed by atoms with Crippen molar-refractivity contribution in [2.24, 2.45) is 0 Å². The summed E-state index contributed by atoms with van der Waals surface area (Å²) in [6, 6.07) is 19.2. The van der Waals surface area contributed by atoms with E-state index in [1.165, 1.54) is 28.0 Å². The third kappa shape index (κ3) is 5.29. The lowest BCUT2D eigenvalue weighted by Gasteiger charge is -2.19. The molecule has 0 atom stereocenters. The maximum Gasteiger partial charge on any atom is 0.238 e. The number of nitriles is 1. The van der Waals surface area contributed by atoms with Crippen LogP contribution in [0.25, 0.3) is 0 Å². The van der Waals surface area contributed by atoms with Gasteiger partial charge in [-0.15, -0.1) is 10.2 Å². The molecule has 1 heterocycles. The van der Waals surface area contributed by atoms with Crippen molar-refractivity contribution in [1.29, 1.82) is 5.26 Å². The van der Waals surface area contributed by atoms with Crippen LogP contribution in [0.3, 0.4) is 0 Å². The van der Waals surface area contributed by atoms with Crippen LogP contribution in [0.2, 0.25) is 0 Å². The van der Waals surface area contributed by atoms with Gasteiger partial charge in [0, 0.05) is 11.4 Å². The van der Waals surface area contributed by atoms with Gasteiger partial charge in [-0.05, 0) is 36.8 Å². The average Bonchev–Trinajstić information content (AvgIpc) is 3.12. The second-order valence-corrected chi connectivity index (χ2v) is 7.83.